The van der Waals surface area contributed by atoms with Gasteiger partial charge in [-0.05, 0) is 122 Å². The van der Waals surface area contributed by atoms with E-state index in [1.54, 1.807) is 0 Å². The van der Waals surface area contributed by atoms with Crippen LogP contribution in [-0.4, -0.2) is 20.1 Å². The van der Waals surface area contributed by atoms with Gasteiger partial charge in [0.1, 0.15) is 0 Å². The molecule has 6 aliphatic heterocycles. The summed E-state index contributed by atoms with van der Waals surface area (Å²) in [7, 11) is 0. The molecule has 9 aromatic carbocycles. The molecular weight excluding hydrogens is 737 g/mol. The lowest BCUT2D eigenvalue weighted by Gasteiger charge is -2.52. The molecule has 0 saturated carbocycles. The molecule has 61 heavy (non-hydrogen) atoms. The predicted octanol–water partition coefficient (Wildman–Crippen LogP) is 6.99. The molecule has 0 atom stereocenters. The second kappa shape index (κ2) is 11.6. The third-order valence-electron chi connectivity index (χ3n) is 14.4. The number of anilines is 12. The van der Waals surface area contributed by atoms with E-state index in [0.717, 1.165) is 0 Å². The Bertz CT molecular complexity index is 3170. The molecule has 0 amide bonds. The summed E-state index contributed by atoms with van der Waals surface area (Å²) in [6.45, 7) is 0.209. The van der Waals surface area contributed by atoms with E-state index in [9.17, 15) is 0 Å². The Labute approximate surface area is 355 Å². The minimum absolute atomic E-state index is 0.0285. The number of rotatable bonds is 2. The maximum Gasteiger partial charge on any atom is 0.252 e. The molecule has 0 spiro atoms. The first kappa shape index (κ1) is 32.3. The van der Waals surface area contributed by atoms with Crippen molar-refractivity contribution in [1.82, 2.24) is 0 Å². The average Bonchev–Trinajstić information content (AvgIpc) is 3.33. The molecule has 278 valence electrons. The van der Waals surface area contributed by atoms with E-state index < -0.39 is 0 Å². The molecule has 15 rings (SSSR count). The lowest BCUT2D eigenvalue weighted by atomic mass is 9.27. The zero-order valence-electron chi connectivity index (χ0n) is 33.1. The Balaban J connectivity index is 1.06. The maximum absolute atomic E-state index is 2.63. The average molecular weight is 770 g/mol. The van der Waals surface area contributed by atoms with Gasteiger partial charge in [-0.2, -0.15) is 0 Å². The molecule has 6 heterocycles. The van der Waals surface area contributed by atoms with Crippen LogP contribution in [0.4, 0.5) is 68.2 Å². The number of hydrogen-bond donors (Lipinski definition) is 0. The molecule has 0 aliphatic carbocycles. The second-order valence-corrected chi connectivity index (χ2v) is 17.1. The summed E-state index contributed by atoms with van der Waals surface area (Å²) in [5.74, 6) is 0. The molecular formula is C54H33B3N4. The van der Waals surface area contributed by atoms with Crippen molar-refractivity contribution >= 4 is 138 Å². The van der Waals surface area contributed by atoms with E-state index in [4.69, 9.17) is 0 Å². The maximum atomic E-state index is 2.63. The van der Waals surface area contributed by atoms with E-state index in [-0.39, 0.29) is 20.1 Å². The Hall–Kier alpha value is -7.63. The van der Waals surface area contributed by atoms with E-state index in [1.807, 2.05) is 0 Å². The summed E-state index contributed by atoms with van der Waals surface area (Å²) in [5.41, 5.74) is 27.3. The van der Waals surface area contributed by atoms with Crippen LogP contribution in [0.2, 0.25) is 0 Å². The minimum atomic E-state index is 0.0285. The van der Waals surface area contributed by atoms with Crippen molar-refractivity contribution in [3.8, 4) is 0 Å². The lowest BCUT2D eigenvalue weighted by molar-refractivity contribution is 1.24. The molecule has 0 N–H and O–H groups in total. The minimum Gasteiger partial charge on any atom is -0.312 e. The van der Waals surface area contributed by atoms with Gasteiger partial charge in [0, 0.05) is 68.2 Å². The van der Waals surface area contributed by atoms with E-state index in [2.05, 4.69) is 220 Å². The van der Waals surface area contributed by atoms with Crippen LogP contribution in [0.5, 0.6) is 0 Å². The van der Waals surface area contributed by atoms with Crippen LogP contribution in [-0.2, 0) is 0 Å². The number of hydrogen-bond acceptors (Lipinski definition) is 4. The fraction of sp³-hybridized carbons (Fsp3) is 0. The van der Waals surface area contributed by atoms with Crippen molar-refractivity contribution in [1.29, 1.82) is 0 Å². The van der Waals surface area contributed by atoms with Crippen LogP contribution in [0.15, 0.2) is 200 Å². The SMILES string of the molecule is c1ccc(N2c3ccccc3B3c4ccccc4N4c5cccc6c5B(c5ccc2c3c54)c2ccc3c4c2N6c2ccccc2B4c2ccccc2N3c2ccccc2)cc1. The smallest absolute Gasteiger partial charge is 0.252 e. The van der Waals surface area contributed by atoms with Gasteiger partial charge in [-0.1, -0.05) is 127 Å². The largest absolute Gasteiger partial charge is 0.312 e. The van der Waals surface area contributed by atoms with E-state index in [1.165, 1.54) is 117 Å². The third kappa shape index (κ3) is 3.91. The summed E-state index contributed by atoms with van der Waals surface area (Å²) < 4.78 is 0. The third-order valence-corrected chi connectivity index (χ3v) is 14.4. The van der Waals surface area contributed by atoms with Gasteiger partial charge in [0.15, 0.2) is 0 Å². The van der Waals surface area contributed by atoms with Crippen molar-refractivity contribution in [2.75, 3.05) is 19.6 Å². The van der Waals surface area contributed by atoms with Crippen molar-refractivity contribution in [3.05, 3.63) is 200 Å². The monoisotopic (exact) mass is 770 g/mol. The quantitative estimate of drug-likeness (QED) is 0.176. The molecule has 0 radical (unpaired) electrons. The van der Waals surface area contributed by atoms with Crippen molar-refractivity contribution < 1.29 is 0 Å². The number of para-hydroxylation sites is 6. The Morgan fingerprint density at radius 3 is 0.934 bits per heavy atom. The standard InChI is InChI=1S/C54H33B3N4/c1-3-16-34(17-4-1)58-42-24-11-7-20-36(42)55-38-22-9-13-26-44(38)60-46-28-15-29-47-50(46)57(40-30-32-48(58)51(55)53(40)60)41-31-33-49-52-54(41)61(47)45-27-14-10-23-39(45)56(52)37-21-8-12-25-43(37)59(49)35-18-5-2-6-19-35/h1-33H. The Morgan fingerprint density at radius 1 is 0.213 bits per heavy atom. The molecule has 9 aromatic rings. The lowest BCUT2D eigenvalue weighted by Crippen LogP contribution is -2.70. The van der Waals surface area contributed by atoms with Crippen LogP contribution in [0.3, 0.4) is 0 Å². The number of benzene rings is 9. The highest BCUT2D eigenvalue weighted by molar-refractivity contribution is 7.06. The first-order valence-corrected chi connectivity index (χ1v) is 21.5. The molecule has 0 bridgehead atoms. The van der Waals surface area contributed by atoms with Gasteiger partial charge in [0.2, 0.25) is 0 Å². The molecule has 0 unspecified atom stereocenters. The van der Waals surface area contributed by atoms with Gasteiger partial charge in [0.25, 0.3) is 20.1 Å². The first-order chi connectivity index (χ1) is 30.3. The summed E-state index contributed by atoms with van der Waals surface area (Å²) in [6.07, 6.45) is 0. The highest BCUT2D eigenvalue weighted by atomic mass is 15.2. The Kier molecular flexibility index (Phi) is 6.11. The predicted molar refractivity (Wildman–Crippen MR) is 259 cm³/mol. The van der Waals surface area contributed by atoms with Crippen molar-refractivity contribution in [3.63, 3.8) is 0 Å². The number of fused-ring (bicyclic) bond motifs is 14. The van der Waals surface area contributed by atoms with Crippen molar-refractivity contribution in [2.45, 2.75) is 0 Å². The van der Waals surface area contributed by atoms with Crippen LogP contribution >= 0.6 is 0 Å². The Morgan fingerprint density at radius 2 is 0.525 bits per heavy atom. The fourth-order valence-corrected chi connectivity index (χ4v) is 12.3. The second-order valence-electron chi connectivity index (χ2n) is 17.1. The van der Waals surface area contributed by atoms with E-state index in [0.29, 0.717) is 0 Å². The zero-order valence-corrected chi connectivity index (χ0v) is 33.1. The molecule has 6 aliphatic rings. The zero-order chi connectivity index (χ0) is 39.5. The highest BCUT2D eigenvalue weighted by Crippen LogP contribution is 2.49. The summed E-state index contributed by atoms with van der Waals surface area (Å²) in [4.78, 5) is 10.3. The van der Waals surface area contributed by atoms with Crippen LogP contribution in [0.1, 0.15) is 0 Å². The van der Waals surface area contributed by atoms with Crippen molar-refractivity contribution in [2.24, 2.45) is 0 Å². The van der Waals surface area contributed by atoms with Crippen LogP contribution < -0.4 is 68.8 Å². The normalized spacial score (nSPS) is 14.7. The van der Waals surface area contributed by atoms with Gasteiger partial charge < -0.3 is 19.6 Å². The highest BCUT2D eigenvalue weighted by Gasteiger charge is 2.53. The van der Waals surface area contributed by atoms with E-state index >= 15 is 0 Å². The molecule has 0 fully saturated rings. The molecule has 0 aromatic heterocycles. The van der Waals surface area contributed by atoms with Gasteiger partial charge in [-0.25, -0.2) is 0 Å². The summed E-state index contributed by atoms with van der Waals surface area (Å²) in [5, 5.41) is 0. The molecule has 4 nitrogen and oxygen atoms in total. The van der Waals surface area contributed by atoms with Gasteiger partial charge in [0.05, 0.1) is 0 Å². The molecule has 7 heteroatoms. The fourth-order valence-electron chi connectivity index (χ4n) is 12.3. The first-order valence-electron chi connectivity index (χ1n) is 21.5. The number of nitrogens with zero attached hydrogens (tertiary/aromatic N) is 4. The molecule has 0 saturated heterocycles. The van der Waals surface area contributed by atoms with Gasteiger partial charge in [-0.15, -0.1) is 0 Å². The van der Waals surface area contributed by atoms with Gasteiger partial charge in [-0.3, -0.25) is 0 Å². The topological polar surface area (TPSA) is 13.0 Å². The van der Waals surface area contributed by atoms with Crippen LogP contribution in [0, 0.1) is 0 Å². The van der Waals surface area contributed by atoms with Gasteiger partial charge >= 0.3 is 0 Å². The summed E-state index contributed by atoms with van der Waals surface area (Å²) >= 11 is 0. The summed E-state index contributed by atoms with van der Waals surface area (Å²) in [6, 6.07) is 75.2. The van der Waals surface area contributed by atoms with Crippen LogP contribution in [0.25, 0.3) is 0 Å².